The summed E-state index contributed by atoms with van der Waals surface area (Å²) in [7, 11) is -1.50. The van der Waals surface area contributed by atoms with Gasteiger partial charge in [-0.25, -0.2) is 8.42 Å². The first-order chi connectivity index (χ1) is 11.1. The number of rotatable bonds is 6. The molecule has 0 aromatic heterocycles. The number of nitrogens with zero attached hydrogens (tertiary/aromatic N) is 2. The van der Waals surface area contributed by atoms with Gasteiger partial charge in [-0.1, -0.05) is 0 Å². The number of carbonyl (C=O) groups excluding carboxylic acids is 1. The lowest BCUT2D eigenvalue weighted by molar-refractivity contribution is -0.121. The van der Waals surface area contributed by atoms with Crippen LogP contribution in [0.4, 0.5) is 0 Å². The van der Waals surface area contributed by atoms with Gasteiger partial charge in [-0.3, -0.25) is 9.79 Å². The minimum atomic E-state index is -3.17. The minimum Gasteiger partial charge on any atom is -0.359 e. The Morgan fingerprint density at radius 3 is 2.33 bits per heavy atom. The van der Waals surface area contributed by atoms with Crippen molar-refractivity contribution in [3.8, 4) is 0 Å². The Balaban J connectivity index is 2.70. The van der Waals surface area contributed by atoms with Gasteiger partial charge in [-0.2, -0.15) is 0 Å². The third kappa shape index (κ3) is 5.96. The van der Waals surface area contributed by atoms with Crippen molar-refractivity contribution in [2.75, 3.05) is 39.5 Å². The summed E-state index contributed by atoms with van der Waals surface area (Å²) in [6, 6.07) is 0. The van der Waals surface area contributed by atoms with E-state index in [0.29, 0.717) is 12.3 Å². The van der Waals surface area contributed by atoms with Crippen LogP contribution in [0.3, 0.4) is 0 Å². The summed E-state index contributed by atoms with van der Waals surface area (Å²) in [4.78, 5) is 18.2. The van der Waals surface area contributed by atoms with Gasteiger partial charge in [0.15, 0.2) is 15.8 Å². The summed E-state index contributed by atoms with van der Waals surface area (Å²) >= 11 is 0. The summed E-state index contributed by atoms with van der Waals surface area (Å²) < 4.78 is 22.8. The summed E-state index contributed by atoms with van der Waals surface area (Å²) in [5, 5.41) is 5.92. The van der Waals surface area contributed by atoms with Gasteiger partial charge in [-0.15, -0.1) is 0 Å². The zero-order valence-corrected chi connectivity index (χ0v) is 16.4. The van der Waals surface area contributed by atoms with Crippen molar-refractivity contribution in [1.29, 1.82) is 0 Å². The fourth-order valence-electron chi connectivity index (χ4n) is 2.52. The van der Waals surface area contributed by atoms with Gasteiger partial charge in [0.25, 0.3) is 0 Å². The molecule has 1 rings (SSSR count). The maximum atomic E-state index is 11.8. The lowest BCUT2D eigenvalue weighted by atomic mass is 9.93. The number of nitrogens with one attached hydrogen (secondary N) is 2. The number of hydrogen-bond acceptors (Lipinski definition) is 4. The summed E-state index contributed by atoms with van der Waals surface area (Å²) in [5.74, 6) is 1.24. The van der Waals surface area contributed by atoms with Crippen LogP contribution in [0.15, 0.2) is 4.99 Å². The number of hydrogen-bond donors (Lipinski definition) is 2. The predicted octanol–water partition coefficient (Wildman–Crippen LogP) is 0.623. The molecule has 140 valence electrons. The second-order valence-electron chi connectivity index (χ2n) is 7.01. The monoisotopic (exact) mass is 360 g/mol. The van der Waals surface area contributed by atoms with Gasteiger partial charge < -0.3 is 15.5 Å². The molecule has 1 saturated heterocycles. The smallest absolute Gasteiger partial charge is 0.220 e. The van der Waals surface area contributed by atoms with Crippen LogP contribution in [0, 0.1) is 5.92 Å². The normalized spacial score (nSPS) is 17.7. The molecule has 1 aliphatic heterocycles. The number of amides is 1. The Labute approximate surface area is 146 Å². The van der Waals surface area contributed by atoms with Gasteiger partial charge >= 0.3 is 0 Å². The average Bonchev–Trinajstić information content (AvgIpc) is 2.51. The Morgan fingerprint density at radius 2 is 1.88 bits per heavy atom. The molecule has 0 atom stereocenters. The van der Waals surface area contributed by atoms with E-state index < -0.39 is 14.6 Å². The second kappa shape index (κ2) is 8.69. The van der Waals surface area contributed by atoms with Crippen LogP contribution >= 0.6 is 0 Å². The van der Waals surface area contributed by atoms with Crippen LogP contribution in [0.1, 0.15) is 40.0 Å². The van der Waals surface area contributed by atoms with E-state index in [1.807, 2.05) is 6.92 Å². The first kappa shape index (κ1) is 20.7. The van der Waals surface area contributed by atoms with Crippen LogP contribution in [-0.4, -0.2) is 69.4 Å². The van der Waals surface area contributed by atoms with Crippen LogP contribution in [0.2, 0.25) is 0 Å². The summed E-state index contributed by atoms with van der Waals surface area (Å²) in [5.41, 5.74) is 0. The molecule has 7 nitrogen and oxygen atoms in total. The fourth-order valence-corrected chi connectivity index (χ4v) is 2.82. The average molecular weight is 361 g/mol. The molecule has 1 fully saturated rings. The lowest BCUT2D eigenvalue weighted by Crippen LogP contribution is -2.47. The van der Waals surface area contributed by atoms with E-state index in [-0.39, 0.29) is 12.5 Å². The van der Waals surface area contributed by atoms with Crippen molar-refractivity contribution in [1.82, 2.24) is 15.5 Å². The van der Waals surface area contributed by atoms with Crippen LogP contribution < -0.4 is 10.6 Å². The molecule has 0 aromatic rings. The summed E-state index contributed by atoms with van der Waals surface area (Å²) in [6.45, 7) is 8.01. The van der Waals surface area contributed by atoms with Crippen LogP contribution in [-0.2, 0) is 14.6 Å². The number of guanidine groups is 1. The molecule has 1 aliphatic rings. The van der Waals surface area contributed by atoms with Gasteiger partial charge in [0.1, 0.15) is 0 Å². The molecule has 8 heteroatoms. The highest BCUT2D eigenvalue weighted by Crippen LogP contribution is 2.21. The number of carbonyl (C=O) groups is 1. The van der Waals surface area contributed by atoms with E-state index in [4.69, 9.17) is 0 Å². The molecule has 0 unspecified atom stereocenters. The predicted molar refractivity (Wildman–Crippen MR) is 97.9 cm³/mol. The van der Waals surface area contributed by atoms with Crippen molar-refractivity contribution < 1.29 is 13.2 Å². The Bertz CT molecular complexity index is 550. The molecule has 0 saturated carbocycles. The molecule has 0 radical (unpaired) electrons. The number of aliphatic imine (C=N–C) groups is 1. The molecular weight excluding hydrogens is 328 g/mol. The van der Waals surface area contributed by atoms with Crippen molar-refractivity contribution in [2.45, 2.75) is 44.8 Å². The van der Waals surface area contributed by atoms with Crippen molar-refractivity contribution >= 4 is 21.7 Å². The van der Waals surface area contributed by atoms with E-state index in [9.17, 15) is 13.2 Å². The second-order valence-corrected chi connectivity index (χ2v) is 9.66. The maximum Gasteiger partial charge on any atom is 0.220 e. The van der Waals surface area contributed by atoms with E-state index in [1.165, 1.54) is 6.26 Å². The highest BCUT2D eigenvalue weighted by molar-refractivity contribution is 7.92. The van der Waals surface area contributed by atoms with Gasteiger partial charge in [0.05, 0.1) is 11.3 Å². The van der Waals surface area contributed by atoms with Crippen molar-refractivity contribution in [2.24, 2.45) is 10.9 Å². The lowest BCUT2D eigenvalue weighted by Gasteiger charge is -2.34. The van der Waals surface area contributed by atoms with E-state index in [2.05, 4.69) is 20.5 Å². The fraction of sp³-hybridized carbons (Fsp3) is 0.875. The van der Waals surface area contributed by atoms with Gasteiger partial charge in [0, 0.05) is 39.4 Å². The largest absolute Gasteiger partial charge is 0.359 e. The highest BCUT2D eigenvalue weighted by Gasteiger charge is 2.30. The number of likely N-dealkylation sites (tertiary alicyclic amines) is 1. The quantitative estimate of drug-likeness (QED) is 0.535. The van der Waals surface area contributed by atoms with Crippen LogP contribution in [0.5, 0.6) is 0 Å². The minimum absolute atomic E-state index is 0.0870. The van der Waals surface area contributed by atoms with E-state index >= 15 is 0 Å². The number of piperidine rings is 1. The maximum absolute atomic E-state index is 11.8. The molecule has 1 amide bonds. The molecule has 1 heterocycles. The van der Waals surface area contributed by atoms with Crippen molar-refractivity contribution in [3.05, 3.63) is 0 Å². The van der Waals surface area contributed by atoms with E-state index in [1.54, 1.807) is 20.9 Å². The highest BCUT2D eigenvalue weighted by atomic mass is 32.2. The zero-order chi connectivity index (χ0) is 18.4. The third-order valence-electron chi connectivity index (χ3n) is 4.62. The topological polar surface area (TPSA) is 90.9 Å². The Kier molecular flexibility index (Phi) is 7.51. The SMILES string of the molecule is CCNC(=NCC(C)(C)S(C)(=O)=O)N1CCC(CC(=O)NC)CC1. The molecule has 0 aromatic carbocycles. The van der Waals surface area contributed by atoms with Gasteiger partial charge in [-0.05, 0) is 39.5 Å². The first-order valence-electron chi connectivity index (χ1n) is 8.54. The van der Waals surface area contributed by atoms with E-state index in [0.717, 1.165) is 38.4 Å². The zero-order valence-electron chi connectivity index (χ0n) is 15.6. The van der Waals surface area contributed by atoms with Crippen LogP contribution in [0.25, 0.3) is 0 Å². The number of sulfone groups is 1. The molecule has 0 bridgehead atoms. The Morgan fingerprint density at radius 1 is 1.29 bits per heavy atom. The molecule has 0 spiro atoms. The van der Waals surface area contributed by atoms with Crippen molar-refractivity contribution in [3.63, 3.8) is 0 Å². The molecular formula is C16H32N4O3S. The third-order valence-corrected chi connectivity index (χ3v) is 6.75. The summed E-state index contributed by atoms with van der Waals surface area (Å²) in [6.07, 6.45) is 3.69. The molecule has 24 heavy (non-hydrogen) atoms. The standard InChI is InChI=1S/C16H32N4O3S/c1-6-18-15(19-12-16(2,3)24(5,22)23)20-9-7-13(8-10-20)11-14(21)17-4/h13H,6-12H2,1-5H3,(H,17,21)(H,18,19). The molecule has 0 aliphatic carbocycles. The van der Waals surface area contributed by atoms with Gasteiger partial charge in [0.2, 0.25) is 5.91 Å². The first-order valence-corrected chi connectivity index (χ1v) is 10.4. The Hall–Kier alpha value is -1.31. The molecule has 2 N–H and O–H groups in total.